The molecule has 35 heavy (non-hydrogen) atoms. The summed E-state index contributed by atoms with van der Waals surface area (Å²) < 4.78 is 5.60. The van der Waals surface area contributed by atoms with Crippen LogP contribution in [0.1, 0.15) is 56.4 Å². The fraction of sp³-hybridized carbons (Fsp3) is 0.250. The number of carbonyl (C=O) groups is 3. The molecule has 3 N–H and O–H groups in total. The van der Waals surface area contributed by atoms with Crippen molar-refractivity contribution in [3.8, 4) is 5.75 Å². The molecule has 0 spiro atoms. The molecule has 0 atom stereocenters. The molecular formula is C28H31N3O4. The molecule has 0 saturated heterocycles. The molecule has 7 nitrogen and oxygen atoms in total. The number of rotatable bonds is 11. The van der Waals surface area contributed by atoms with Crippen LogP contribution in [0.15, 0.2) is 72.8 Å². The van der Waals surface area contributed by atoms with E-state index in [1.807, 2.05) is 19.1 Å². The summed E-state index contributed by atoms with van der Waals surface area (Å²) >= 11 is 0. The maximum Gasteiger partial charge on any atom is 0.255 e. The minimum Gasteiger partial charge on any atom is -0.494 e. The van der Waals surface area contributed by atoms with E-state index in [0.29, 0.717) is 35.5 Å². The highest BCUT2D eigenvalue weighted by Gasteiger charge is 2.09. The van der Waals surface area contributed by atoms with Gasteiger partial charge in [0.05, 0.1) is 6.61 Å². The molecule has 0 bridgehead atoms. The van der Waals surface area contributed by atoms with Gasteiger partial charge in [-0.05, 0) is 74.0 Å². The lowest BCUT2D eigenvalue weighted by molar-refractivity contribution is 0.0927. The average Bonchev–Trinajstić information content (AvgIpc) is 2.87. The summed E-state index contributed by atoms with van der Waals surface area (Å²) in [5.74, 6) is 0.0527. The van der Waals surface area contributed by atoms with Crippen molar-refractivity contribution in [1.82, 2.24) is 10.6 Å². The summed E-state index contributed by atoms with van der Waals surface area (Å²) in [6, 6.07) is 20.9. The van der Waals surface area contributed by atoms with Crippen molar-refractivity contribution < 1.29 is 19.1 Å². The third kappa shape index (κ3) is 7.99. The van der Waals surface area contributed by atoms with E-state index in [0.717, 1.165) is 24.2 Å². The van der Waals surface area contributed by atoms with E-state index in [4.69, 9.17) is 4.74 Å². The summed E-state index contributed by atoms with van der Waals surface area (Å²) in [5, 5.41) is 8.37. The standard InChI is InChI=1S/C28H31N3O4/c1-3-4-19-35-25-15-11-22(12-16-25)27(33)30-18-17-29-26(32)21-9-13-24(14-10-21)31-28(34)23-7-5-20(2)6-8-23/h5-16H,3-4,17-19H2,1-2H3,(H,29,32)(H,30,33)(H,31,34). The highest BCUT2D eigenvalue weighted by atomic mass is 16.5. The number of anilines is 1. The quantitative estimate of drug-likeness (QED) is 0.355. The Morgan fingerprint density at radius 2 is 1.17 bits per heavy atom. The van der Waals surface area contributed by atoms with Crippen LogP contribution in [0.25, 0.3) is 0 Å². The largest absolute Gasteiger partial charge is 0.494 e. The molecule has 3 amide bonds. The normalized spacial score (nSPS) is 10.3. The Labute approximate surface area is 205 Å². The summed E-state index contributed by atoms with van der Waals surface area (Å²) in [6.07, 6.45) is 2.05. The van der Waals surface area contributed by atoms with Gasteiger partial charge in [-0.25, -0.2) is 0 Å². The van der Waals surface area contributed by atoms with E-state index in [1.165, 1.54) is 0 Å². The predicted octanol–water partition coefficient (Wildman–Crippen LogP) is 4.59. The van der Waals surface area contributed by atoms with Crippen LogP contribution in [0.2, 0.25) is 0 Å². The van der Waals surface area contributed by atoms with Crippen molar-refractivity contribution in [1.29, 1.82) is 0 Å². The topological polar surface area (TPSA) is 96.5 Å². The van der Waals surface area contributed by atoms with E-state index in [1.54, 1.807) is 60.7 Å². The van der Waals surface area contributed by atoms with Crippen LogP contribution < -0.4 is 20.7 Å². The first-order chi connectivity index (χ1) is 17.0. The maximum absolute atomic E-state index is 12.4. The van der Waals surface area contributed by atoms with Crippen LogP contribution in [-0.2, 0) is 0 Å². The molecule has 0 radical (unpaired) electrons. The molecule has 0 fully saturated rings. The van der Waals surface area contributed by atoms with Crippen molar-refractivity contribution in [2.45, 2.75) is 26.7 Å². The monoisotopic (exact) mass is 473 g/mol. The van der Waals surface area contributed by atoms with Gasteiger partial charge < -0.3 is 20.7 Å². The molecule has 7 heteroatoms. The lowest BCUT2D eigenvalue weighted by atomic mass is 10.1. The Hall–Kier alpha value is -4.13. The number of nitrogens with one attached hydrogen (secondary N) is 3. The molecule has 0 saturated carbocycles. The number of carbonyl (C=O) groups excluding carboxylic acids is 3. The molecule has 182 valence electrons. The highest BCUT2D eigenvalue weighted by Crippen LogP contribution is 2.13. The first kappa shape index (κ1) is 25.5. The van der Waals surface area contributed by atoms with Gasteiger partial charge in [-0.1, -0.05) is 31.0 Å². The van der Waals surface area contributed by atoms with Crippen LogP contribution in [0, 0.1) is 6.92 Å². The number of amides is 3. The molecule has 3 aromatic carbocycles. The molecule has 3 aromatic rings. The van der Waals surface area contributed by atoms with Gasteiger partial charge in [-0.2, -0.15) is 0 Å². The number of hydrogen-bond donors (Lipinski definition) is 3. The van der Waals surface area contributed by atoms with Gasteiger partial charge in [0.2, 0.25) is 0 Å². The van der Waals surface area contributed by atoms with Gasteiger partial charge in [-0.3, -0.25) is 14.4 Å². The molecule has 0 aliphatic carbocycles. The van der Waals surface area contributed by atoms with Gasteiger partial charge in [0, 0.05) is 35.5 Å². The van der Waals surface area contributed by atoms with E-state index in [-0.39, 0.29) is 24.3 Å². The second-order valence-electron chi connectivity index (χ2n) is 8.14. The fourth-order valence-corrected chi connectivity index (χ4v) is 3.21. The van der Waals surface area contributed by atoms with Gasteiger partial charge in [0.1, 0.15) is 5.75 Å². The number of unbranched alkanes of at least 4 members (excludes halogenated alkanes) is 1. The number of benzene rings is 3. The van der Waals surface area contributed by atoms with E-state index >= 15 is 0 Å². The van der Waals surface area contributed by atoms with Crippen molar-refractivity contribution in [3.63, 3.8) is 0 Å². The van der Waals surface area contributed by atoms with Gasteiger partial charge >= 0.3 is 0 Å². The minimum absolute atomic E-state index is 0.211. The minimum atomic E-state index is -0.260. The lowest BCUT2D eigenvalue weighted by Gasteiger charge is -2.09. The molecule has 0 unspecified atom stereocenters. The molecule has 0 aliphatic heterocycles. The fourth-order valence-electron chi connectivity index (χ4n) is 3.21. The van der Waals surface area contributed by atoms with E-state index < -0.39 is 0 Å². The van der Waals surface area contributed by atoms with Crippen LogP contribution in [0.3, 0.4) is 0 Å². The number of aryl methyl sites for hydroxylation is 1. The SMILES string of the molecule is CCCCOc1ccc(C(=O)NCCNC(=O)c2ccc(NC(=O)c3ccc(C)cc3)cc2)cc1. The Morgan fingerprint density at radius 3 is 1.71 bits per heavy atom. The van der Waals surface area contributed by atoms with Crippen molar-refractivity contribution in [2.24, 2.45) is 0 Å². The summed E-state index contributed by atoms with van der Waals surface area (Å²) in [6.45, 7) is 5.30. The van der Waals surface area contributed by atoms with Crippen LogP contribution in [0.4, 0.5) is 5.69 Å². The maximum atomic E-state index is 12.4. The highest BCUT2D eigenvalue weighted by molar-refractivity contribution is 6.04. The van der Waals surface area contributed by atoms with Crippen molar-refractivity contribution >= 4 is 23.4 Å². The second kappa shape index (κ2) is 12.9. The van der Waals surface area contributed by atoms with Crippen molar-refractivity contribution in [2.75, 3.05) is 25.0 Å². The number of hydrogen-bond acceptors (Lipinski definition) is 4. The van der Waals surface area contributed by atoms with Gasteiger partial charge in [0.25, 0.3) is 17.7 Å². The van der Waals surface area contributed by atoms with Crippen LogP contribution >= 0.6 is 0 Å². The van der Waals surface area contributed by atoms with Gasteiger partial charge in [0.15, 0.2) is 0 Å². The zero-order valence-corrected chi connectivity index (χ0v) is 20.1. The Balaban J connectivity index is 1.39. The van der Waals surface area contributed by atoms with Crippen molar-refractivity contribution in [3.05, 3.63) is 95.1 Å². The smallest absolute Gasteiger partial charge is 0.255 e. The number of ether oxygens (including phenoxy) is 1. The first-order valence-electron chi connectivity index (χ1n) is 11.7. The summed E-state index contributed by atoms with van der Waals surface area (Å²) in [4.78, 5) is 37.0. The lowest BCUT2D eigenvalue weighted by Crippen LogP contribution is -2.34. The molecule has 0 aromatic heterocycles. The van der Waals surface area contributed by atoms with E-state index in [2.05, 4.69) is 22.9 Å². The van der Waals surface area contributed by atoms with Crippen LogP contribution in [-0.4, -0.2) is 37.4 Å². The summed E-state index contributed by atoms with van der Waals surface area (Å²) in [7, 11) is 0. The average molecular weight is 474 g/mol. The first-order valence-corrected chi connectivity index (χ1v) is 11.7. The molecule has 0 heterocycles. The third-order valence-corrected chi connectivity index (χ3v) is 5.30. The Morgan fingerprint density at radius 1 is 0.686 bits per heavy atom. The third-order valence-electron chi connectivity index (χ3n) is 5.30. The molecular weight excluding hydrogens is 442 g/mol. The van der Waals surface area contributed by atoms with Gasteiger partial charge in [-0.15, -0.1) is 0 Å². The molecule has 0 aliphatic rings. The summed E-state index contributed by atoms with van der Waals surface area (Å²) in [5.41, 5.74) is 3.24. The van der Waals surface area contributed by atoms with E-state index in [9.17, 15) is 14.4 Å². The molecule has 3 rings (SSSR count). The second-order valence-corrected chi connectivity index (χ2v) is 8.14. The van der Waals surface area contributed by atoms with Crippen LogP contribution in [0.5, 0.6) is 5.75 Å². The zero-order chi connectivity index (χ0) is 25.0. The Kier molecular flexibility index (Phi) is 9.42. The Bertz CT molecular complexity index is 1120. The predicted molar refractivity (Wildman–Crippen MR) is 137 cm³/mol. The zero-order valence-electron chi connectivity index (χ0n) is 20.1.